The standard InChI is InChI=1S/C30H38N4O2S/c35-30(36)21-34-18-16-33(17-19-34)20-29-32-28(22-37-29)26-10-12-27(13-11-26)31-15-14-23-6-8-25(9-7-23)24-4-2-1-3-5-24/h6-13,22,24,31H,1-5,14-21H2,(H,35,36). The number of hydrogen-bond acceptors (Lipinski definition) is 6. The molecule has 0 spiro atoms. The van der Waals surface area contributed by atoms with Gasteiger partial charge < -0.3 is 10.4 Å². The van der Waals surface area contributed by atoms with E-state index in [1.54, 1.807) is 11.3 Å². The largest absolute Gasteiger partial charge is 0.480 e. The van der Waals surface area contributed by atoms with Gasteiger partial charge in [0.05, 0.1) is 18.8 Å². The number of carboxylic acid groups (broad SMARTS) is 1. The summed E-state index contributed by atoms with van der Waals surface area (Å²) >= 11 is 1.70. The fraction of sp³-hybridized carbons (Fsp3) is 0.467. The molecule has 2 aliphatic rings. The van der Waals surface area contributed by atoms with Gasteiger partial charge in [-0.15, -0.1) is 11.3 Å². The zero-order chi connectivity index (χ0) is 25.5. The molecule has 196 valence electrons. The van der Waals surface area contributed by atoms with Crippen molar-refractivity contribution < 1.29 is 9.90 Å². The van der Waals surface area contributed by atoms with Crippen molar-refractivity contribution in [1.82, 2.24) is 14.8 Å². The molecule has 1 saturated carbocycles. The average molecular weight is 519 g/mol. The van der Waals surface area contributed by atoms with Gasteiger partial charge in [0.25, 0.3) is 0 Å². The second-order valence-electron chi connectivity index (χ2n) is 10.4. The molecule has 1 saturated heterocycles. The van der Waals surface area contributed by atoms with E-state index in [1.807, 2.05) is 4.90 Å². The molecule has 0 radical (unpaired) electrons. The SMILES string of the molecule is O=C(O)CN1CCN(Cc2nc(-c3ccc(NCCc4ccc(C5CCCCC5)cc4)cc3)cs2)CC1. The van der Waals surface area contributed by atoms with E-state index in [4.69, 9.17) is 10.1 Å². The van der Waals surface area contributed by atoms with Crippen molar-refractivity contribution >= 4 is 23.0 Å². The van der Waals surface area contributed by atoms with Crippen molar-refractivity contribution in [2.75, 3.05) is 44.6 Å². The van der Waals surface area contributed by atoms with Crippen LogP contribution in [0, 0.1) is 0 Å². The molecule has 1 aliphatic carbocycles. The second kappa shape index (κ2) is 12.7. The number of aliphatic carboxylic acids is 1. The molecule has 37 heavy (non-hydrogen) atoms. The third-order valence-electron chi connectivity index (χ3n) is 7.71. The summed E-state index contributed by atoms with van der Waals surface area (Å²) < 4.78 is 0. The average Bonchev–Trinajstić information content (AvgIpc) is 3.39. The minimum atomic E-state index is -0.751. The number of nitrogens with one attached hydrogen (secondary N) is 1. The monoisotopic (exact) mass is 518 g/mol. The lowest BCUT2D eigenvalue weighted by molar-refractivity contribution is -0.138. The van der Waals surface area contributed by atoms with Crippen LogP contribution in [0.25, 0.3) is 11.3 Å². The fourth-order valence-corrected chi connectivity index (χ4v) is 6.35. The maximum absolute atomic E-state index is 10.9. The fourth-order valence-electron chi connectivity index (χ4n) is 5.51. The maximum Gasteiger partial charge on any atom is 0.317 e. The van der Waals surface area contributed by atoms with Crippen LogP contribution in [0.4, 0.5) is 5.69 Å². The summed E-state index contributed by atoms with van der Waals surface area (Å²) in [4.78, 5) is 20.1. The number of benzene rings is 2. The van der Waals surface area contributed by atoms with Crippen LogP contribution < -0.4 is 5.32 Å². The van der Waals surface area contributed by atoms with Crippen molar-refractivity contribution in [3.05, 3.63) is 70.0 Å². The summed E-state index contributed by atoms with van der Waals surface area (Å²) in [5, 5.41) is 15.8. The molecule has 1 aromatic heterocycles. The number of nitrogens with zero attached hydrogens (tertiary/aromatic N) is 3. The predicted molar refractivity (Wildman–Crippen MR) is 151 cm³/mol. The Morgan fingerprint density at radius 2 is 1.65 bits per heavy atom. The summed E-state index contributed by atoms with van der Waals surface area (Å²) in [7, 11) is 0. The van der Waals surface area contributed by atoms with Crippen LogP contribution in [0.15, 0.2) is 53.9 Å². The highest BCUT2D eigenvalue weighted by Crippen LogP contribution is 2.32. The van der Waals surface area contributed by atoms with E-state index in [1.165, 1.54) is 43.2 Å². The number of thiazole rings is 1. The number of carboxylic acids is 1. The molecular weight excluding hydrogens is 480 g/mol. The van der Waals surface area contributed by atoms with Gasteiger partial charge in [-0.2, -0.15) is 0 Å². The molecule has 0 atom stereocenters. The van der Waals surface area contributed by atoms with Crippen molar-refractivity contribution in [3.8, 4) is 11.3 Å². The molecule has 0 amide bonds. The number of aromatic nitrogens is 1. The molecule has 2 fully saturated rings. The molecule has 7 heteroatoms. The van der Waals surface area contributed by atoms with E-state index in [0.29, 0.717) is 0 Å². The molecule has 3 aromatic rings. The Morgan fingerprint density at radius 3 is 2.35 bits per heavy atom. The highest BCUT2D eigenvalue weighted by molar-refractivity contribution is 7.09. The normalized spacial score (nSPS) is 17.6. The van der Waals surface area contributed by atoms with E-state index in [0.717, 1.165) is 73.6 Å². The molecule has 2 heterocycles. The van der Waals surface area contributed by atoms with Crippen LogP contribution in [-0.4, -0.2) is 65.1 Å². The lowest BCUT2D eigenvalue weighted by Gasteiger charge is -2.33. The second-order valence-corrected chi connectivity index (χ2v) is 11.3. The highest BCUT2D eigenvalue weighted by atomic mass is 32.1. The van der Waals surface area contributed by atoms with Crippen molar-refractivity contribution in [2.45, 2.75) is 51.0 Å². The highest BCUT2D eigenvalue weighted by Gasteiger charge is 2.20. The van der Waals surface area contributed by atoms with Gasteiger partial charge in [0, 0.05) is 49.4 Å². The molecule has 1 aliphatic heterocycles. The Balaban J connectivity index is 1.06. The van der Waals surface area contributed by atoms with Gasteiger partial charge in [-0.3, -0.25) is 14.6 Å². The quantitative estimate of drug-likeness (QED) is 0.358. The van der Waals surface area contributed by atoms with Gasteiger partial charge in [-0.05, 0) is 48.4 Å². The predicted octanol–water partition coefficient (Wildman–Crippen LogP) is 5.71. The Morgan fingerprint density at radius 1 is 0.946 bits per heavy atom. The van der Waals surface area contributed by atoms with Gasteiger partial charge in [0.1, 0.15) is 5.01 Å². The summed E-state index contributed by atoms with van der Waals surface area (Å²) in [5.74, 6) is 0.0213. The lowest BCUT2D eigenvalue weighted by Crippen LogP contribution is -2.47. The number of rotatable bonds is 10. The number of anilines is 1. The molecule has 2 aromatic carbocycles. The molecular formula is C30H38N4O2S. The minimum absolute atomic E-state index is 0.133. The molecule has 6 nitrogen and oxygen atoms in total. The molecule has 0 bridgehead atoms. The number of hydrogen-bond donors (Lipinski definition) is 2. The first kappa shape index (κ1) is 25.9. The first-order chi connectivity index (χ1) is 18.1. The smallest absolute Gasteiger partial charge is 0.317 e. The molecule has 0 unspecified atom stereocenters. The van der Waals surface area contributed by atoms with Gasteiger partial charge in [0.2, 0.25) is 0 Å². The summed E-state index contributed by atoms with van der Waals surface area (Å²) in [6.45, 7) is 5.24. The van der Waals surface area contributed by atoms with Crippen LogP contribution in [0.1, 0.15) is 54.2 Å². The molecule has 2 N–H and O–H groups in total. The van der Waals surface area contributed by atoms with Crippen LogP contribution in [0.3, 0.4) is 0 Å². The summed E-state index contributed by atoms with van der Waals surface area (Å²) in [6, 6.07) is 17.9. The minimum Gasteiger partial charge on any atom is -0.480 e. The maximum atomic E-state index is 10.9. The lowest BCUT2D eigenvalue weighted by atomic mass is 9.84. The van der Waals surface area contributed by atoms with E-state index >= 15 is 0 Å². The van der Waals surface area contributed by atoms with Gasteiger partial charge in [0.15, 0.2) is 0 Å². The van der Waals surface area contributed by atoms with Crippen LogP contribution in [0.5, 0.6) is 0 Å². The number of carbonyl (C=O) groups is 1. The van der Waals surface area contributed by atoms with Gasteiger partial charge >= 0.3 is 5.97 Å². The van der Waals surface area contributed by atoms with E-state index < -0.39 is 5.97 Å². The number of piperazine rings is 1. The Kier molecular flexibility index (Phi) is 8.87. The van der Waals surface area contributed by atoms with Crippen LogP contribution in [0.2, 0.25) is 0 Å². The summed E-state index contributed by atoms with van der Waals surface area (Å²) in [5.41, 5.74) is 6.21. The van der Waals surface area contributed by atoms with Crippen LogP contribution in [-0.2, 0) is 17.8 Å². The first-order valence-corrected chi connectivity index (χ1v) is 14.5. The van der Waals surface area contributed by atoms with Crippen molar-refractivity contribution in [1.29, 1.82) is 0 Å². The Hall–Kier alpha value is -2.74. The van der Waals surface area contributed by atoms with E-state index in [-0.39, 0.29) is 6.54 Å². The molecule has 5 rings (SSSR count). The first-order valence-electron chi connectivity index (χ1n) is 13.7. The van der Waals surface area contributed by atoms with Crippen LogP contribution >= 0.6 is 11.3 Å². The van der Waals surface area contributed by atoms with E-state index in [2.05, 4.69) is 64.1 Å². The van der Waals surface area contributed by atoms with Gasteiger partial charge in [-0.25, -0.2) is 4.98 Å². The topological polar surface area (TPSA) is 68.7 Å². The Labute approximate surface area is 224 Å². The van der Waals surface area contributed by atoms with Gasteiger partial charge in [-0.1, -0.05) is 55.7 Å². The van der Waals surface area contributed by atoms with Crippen molar-refractivity contribution in [2.24, 2.45) is 0 Å². The summed E-state index contributed by atoms with van der Waals surface area (Å²) in [6.07, 6.45) is 7.90. The third kappa shape index (κ3) is 7.40. The zero-order valence-electron chi connectivity index (χ0n) is 21.6. The van der Waals surface area contributed by atoms with E-state index in [9.17, 15) is 4.79 Å². The third-order valence-corrected chi connectivity index (χ3v) is 8.55. The zero-order valence-corrected chi connectivity index (χ0v) is 22.4. The van der Waals surface area contributed by atoms with Crippen molar-refractivity contribution in [3.63, 3.8) is 0 Å². The Bertz CT molecular complexity index is 1130.